The first-order valence-corrected chi connectivity index (χ1v) is 9.26. The van der Waals surface area contributed by atoms with E-state index in [2.05, 4.69) is 45.3 Å². The lowest BCUT2D eigenvalue weighted by Gasteiger charge is -2.22. The van der Waals surface area contributed by atoms with Gasteiger partial charge in [-0.05, 0) is 44.0 Å². The van der Waals surface area contributed by atoms with Crippen LogP contribution in [0.1, 0.15) is 39.6 Å². The Labute approximate surface area is 157 Å². The number of amides is 1. The van der Waals surface area contributed by atoms with E-state index in [0.717, 1.165) is 10.3 Å². The van der Waals surface area contributed by atoms with E-state index in [1.807, 2.05) is 42.7 Å². The van der Waals surface area contributed by atoms with E-state index in [0.29, 0.717) is 24.8 Å². The highest BCUT2D eigenvalue weighted by Gasteiger charge is 2.24. The summed E-state index contributed by atoms with van der Waals surface area (Å²) in [5.74, 6) is 1.48. The third-order valence-corrected chi connectivity index (χ3v) is 4.32. The number of rotatable bonds is 8. The van der Waals surface area contributed by atoms with Crippen LogP contribution in [-0.2, 0) is 11.2 Å². The number of nitrogens with one attached hydrogen (secondary N) is 1. The van der Waals surface area contributed by atoms with E-state index in [1.165, 1.54) is 0 Å². The van der Waals surface area contributed by atoms with Crippen molar-refractivity contribution in [3.8, 4) is 5.75 Å². The fraction of sp³-hybridized carbons (Fsp3) is 0.500. The minimum atomic E-state index is -0.538. The van der Waals surface area contributed by atoms with Gasteiger partial charge in [0.25, 0.3) is 5.91 Å². The van der Waals surface area contributed by atoms with E-state index in [-0.39, 0.29) is 11.8 Å². The van der Waals surface area contributed by atoms with Gasteiger partial charge in [-0.3, -0.25) is 4.79 Å². The molecule has 2 rings (SSSR count). The fourth-order valence-electron chi connectivity index (χ4n) is 2.43. The molecule has 1 aromatic carbocycles. The van der Waals surface area contributed by atoms with Gasteiger partial charge in [0.2, 0.25) is 0 Å². The summed E-state index contributed by atoms with van der Waals surface area (Å²) < 4.78 is 8.85. The van der Waals surface area contributed by atoms with Crippen molar-refractivity contribution in [2.75, 3.05) is 6.54 Å². The van der Waals surface area contributed by atoms with Crippen molar-refractivity contribution in [1.29, 1.82) is 0 Å². The Hall–Kier alpha value is -1.89. The molecule has 1 heterocycles. The van der Waals surface area contributed by atoms with Gasteiger partial charge in [0.05, 0.1) is 0 Å². The standard InChI is InChI=1S/C18H25BrN4O2/c1-12(2)17(25-15-7-5-14(19)6-8-15)18(24)20-10-9-16-22-21-11-23(16)13(3)4/h5-8,11-13,17H,9-10H2,1-4H3,(H,20,24). The number of hydrogen-bond donors (Lipinski definition) is 1. The topological polar surface area (TPSA) is 69.0 Å². The Morgan fingerprint density at radius 3 is 2.52 bits per heavy atom. The quantitative estimate of drug-likeness (QED) is 0.726. The Morgan fingerprint density at radius 1 is 1.24 bits per heavy atom. The molecule has 1 unspecified atom stereocenters. The van der Waals surface area contributed by atoms with Gasteiger partial charge in [0.1, 0.15) is 17.9 Å². The maximum Gasteiger partial charge on any atom is 0.261 e. The van der Waals surface area contributed by atoms with Gasteiger partial charge < -0.3 is 14.6 Å². The van der Waals surface area contributed by atoms with Crippen molar-refractivity contribution in [2.24, 2.45) is 5.92 Å². The lowest BCUT2D eigenvalue weighted by Crippen LogP contribution is -2.42. The third kappa shape index (κ3) is 5.56. The van der Waals surface area contributed by atoms with Crippen LogP contribution in [-0.4, -0.2) is 33.3 Å². The summed E-state index contributed by atoms with van der Waals surface area (Å²) in [6.07, 6.45) is 1.81. The van der Waals surface area contributed by atoms with E-state index >= 15 is 0 Å². The average Bonchev–Trinajstić information content (AvgIpc) is 3.02. The molecule has 0 fully saturated rings. The summed E-state index contributed by atoms with van der Waals surface area (Å²) in [5, 5.41) is 11.0. The number of ether oxygens (including phenoxy) is 1. The van der Waals surface area contributed by atoms with E-state index < -0.39 is 6.10 Å². The zero-order valence-electron chi connectivity index (χ0n) is 15.1. The zero-order chi connectivity index (χ0) is 18.4. The van der Waals surface area contributed by atoms with Gasteiger partial charge in [-0.15, -0.1) is 10.2 Å². The highest BCUT2D eigenvalue weighted by molar-refractivity contribution is 9.10. The first-order valence-electron chi connectivity index (χ1n) is 8.46. The highest BCUT2D eigenvalue weighted by Crippen LogP contribution is 2.19. The zero-order valence-corrected chi connectivity index (χ0v) is 16.7. The summed E-state index contributed by atoms with van der Waals surface area (Å²) in [6, 6.07) is 7.77. The molecule has 1 aromatic heterocycles. The minimum Gasteiger partial charge on any atom is -0.480 e. The van der Waals surface area contributed by atoms with Gasteiger partial charge in [0.15, 0.2) is 6.10 Å². The fourth-order valence-corrected chi connectivity index (χ4v) is 2.69. The van der Waals surface area contributed by atoms with Crippen molar-refractivity contribution < 1.29 is 9.53 Å². The molecule has 136 valence electrons. The lowest BCUT2D eigenvalue weighted by molar-refractivity contribution is -0.129. The predicted octanol–water partition coefficient (Wildman–Crippen LogP) is 3.38. The van der Waals surface area contributed by atoms with Crippen LogP contribution in [0.5, 0.6) is 5.75 Å². The Bertz CT molecular complexity index is 683. The molecule has 0 saturated heterocycles. The molecule has 0 aliphatic heterocycles. The molecular weight excluding hydrogens is 384 g/mol. The number of carbonyl (C=O) groups excluding carboxylic acids is 1. The molecule has 1 amide bonds. The second-order valence-corrected chi connectivity index (χ2v) is 7.44. The largest absolute Gasteiger partial charge is 0.480 e. The number of nitrogens with zero attached hydrogens (tertiary/aromatic N) is 3. The molecule has 25 heavy (non-hydrogen) atoms. The van der Waals surface area contributed by atoms with Gasteiger partial charge in [-0.2, -0.15) is 0 Å². The molecule has 0 saturated carbocycles. The molecule has 7 heteroatoms. The second kappa shape index (κ2) is 8.99. The molecule has 0 aliphatic rings. The van der Waals surface area contributed by atoms with Crippen LogP contribution in [0.2, 0.25) is 0 Å². The first kappa shape index (κ1) is 19.4. The van der Waals surface area contributed by atoms with E-state index in [9.17, 15) is 4.79 Å². The average molecular weight is 409 g/mol. The Balaban J connectivity index is 1.91. The summed E-state index contributed by atoms with van der Waals surface area (Å²) in [4.78, 5) is 12.5. The van der Waals surface area contributed by atoms with E-state index in [4.69, 9.17) is 4.74 Å². The van der Waals surface area contributed by atoms with Gasteiger partial charge >= 0.3 is 0 Å². The molecule has 2 aromatic rings. The maximum atomic E-state index is 12.5. The van der Waals surface area contributed by atoms with Gasteiger partial charge in [-0.1, -0.05) is 29.8 Å². The smallest absolute Gasteiger partial charge is 0.261 e. The molecule has 0 aliphatic carbocycles. The lowest BCUT2D eigenvalue weighted by atomic mass is 10.1. The van der Waals surface area contributed by atoms with Crippen LogP contribution < -0.4 is 10.1 Å². The molecule has 1 atom stereocenters. The van der Waals surface area contributed by atoms with Crippen LogP contribution in [0.15, 0.2) is 35.1 Å². The SMILES string of the molecule is CC(C)C(Oc1ccc(Br)cc1)C(=O)NCCc1nncn1C(C)C. The number of benzene rings is 1. The summed E-state index contributed by atoms with van der Waals surface area (Å²) in [7, 11) is 0. The number of halogens is 1. The van der Waals surface area contributed by atoms with Crippen molar-refractivity contribution in [2.45, 2.75) is 46.3 Å². The van der Waals surface area contributed by atoms with Gasteiger partial charge in [0, 0.05) is 23.5 Å². The van der Waals surface area contributed by atoms with Gasteiger partial charge in [-0.25, -0.2) is 0 Å². The predicted molar refractivity (Wildman–Crippen MR) is 101 cm³/mol. The van der Waals surface area contributed by atoms with E-state index in [1.54, 1.807) is 6.33 Å². The van der Waals surface area contributed by atoms with Crippen LogP contribution in [0.3, 0.4) is 0 Å². The van der Waals surface area contributed by atoms with Crippen LogP contribution in [0.25, 0.3) is 0 Å². The third-order valence-electron chi connectivity index (χ3n) is 3.79. The number of aromatic nitrogens is 3. The van der Waals surface area contributed by atoms with Crippen molar-refractivity contribution >= 4 is 21.8 Å². The maximum absolute atomic E-state index is 12.5. The molecule has 0 spiro atoms. The molecule has 0 bridgehead atoms. The molecule has 0 radical (unpaired) electrons. The van der Waals surface area contributed by atoms with Crippen molar-refractivity contribution in [1.82, 2.24) is 20.1 Å². The van der Waals surface area contributed by atoms with Crippen LogP contribution in [0.4, 0.5) is 0 Å². The minimum absolute atomic E-state index is 0.0583. The van der Waals surface area contributed by atoms with Crippen LogP contribution >= 0.6 is 15.9 Å². The Kier molecular flexibility index (Phi) is 6.99. The van der Waals surface area contributed by atoms with Crippen LogP contribution in [0, 0.1) is 5.92 Å². The molecule has 6 nitrogen and oxygen atoms in total. The number of hydrogen-bond acceptors (Lipinski definition) is 4. The highest BCUT2D eigenvalue weighted by atomic mass is 79.9. The number of carbonyl (C=O) groups is 1. The first-order chi connectivity index (χ1) is 11.9. The second-order valence-electron chi connectivity index (χ2n) is 6.53. The normalized spacial score (nSPS) is 12.4. The summed E-state index contributed by atoms with van der Waals surface area (Å²) in [5.41, 5.74) is 0. The Morgan fingerprint density at radius 2 is 1.92 bits per heavy atom. The van der Waals surface area contributed by atoms with Crippen molar-refractivity contribution in [3.63, 3.8) is 0 Å². The molecular formula is C18H25BrN4O2. The monoisotopic (exact) mass is 408 g/mol. The van der Waals surface area contributed by atoms with Crippen molar-refractivity contribution in [3.05, 3.63) is 40.9 Å². The summed E-state index contributed by atoms with van der Waals surface area (Å²) in [6.45, 7) is 8.59. The molecule has 1 N–H and O–H groups in total. The summed E-state index contributed by atoms with van der Waals surface area (Å²) >= 11 is 3.39.